The van der Waals surface area contributed by atoms with Crippen LogP contribution >= 0.6 is 0 Å². The number of hydrogen-bond acceptors (Lipinski definition) is 4. The quantitative estimate of drug-likeness (QED) is 0.717. The van der Waals surface area contributed by atoms with Gasteiger partial charge in [-0.3, -0.25) is 4.98 Å². The van der Waals surface area contributed by atoms with E-state index >= 15 is 0 Å². The molecule has 102 valence electrons. The lowest BCUT2D eigenvalue weighted by molar-refractivity contribution is 0.589. The van der Waals surface area contributed by atoms with Crippen LogP contribution in [0.3, 0.4) is 0 Å². The Morgan fingerprint density at radius 3 is 2.25 bits per heavy atom. The van der Waals surface area contributed by atoms with E-state index in [1.54, 1.807) is 30.6 Å². The minimum atomic E-state index is -0.501. The molecule has 0 aromatic carbocycles. The third kappa shape index (κ3) is 3.26. The van der Waals surface area contributed by atoms with Crippen LogP contribution in [0.15, 0.2) is 48.8 Å². The largest absolute Gasteiger partial charge is 0.340 e. The van der Waals surface area contributed by atoms with Gasteiger partial charge in [0.05, 0.1) is 11.0 Å². The Labute approximate surface area is 116 Å². The van der Waals surface area contributed by atoms with Crippen molar-refractivity contribution in [3.05, 3.63) is 54.7 Å². The Morgan fingerprint density at radius 1 is 0.850 bits per heavy atom. The second-order valence-corrected chi connectivity index (χ2v) is 3.73. The number of halogens is 1. The molecular formula is C15H15FN4. The molecule has 0 amide bonds. The molecule has 1 N–H and O–H groups in total. The zero-order chi connectivity index (χ0) is 14.4. The fraction of sp³-hybridized carbons (Fsp3) is 0.133. The number of anilines is 2. The van der Waals surface area contributed by atoms with Crippen molar-refractivity contribution in [3.63, 3.8) is 0 Å². The summed E-state index contributed by atoms with van der Waals surface area (Å²) in [5.41, 5.74) is 2.08. The van der Waals surface area contributed by atoms with E-state index in [-0.39, 0.29) is 0 Å². The van der Waals surface area contributed by atoms with Gasteiger partial charge in [0.1, 0.15) is 5.82 Å². The molecule has 0 unspecified atom stereocenters. The number of rotatable bonds is 2. The number of aromatic nitrogens is 3. The molecule has 0 fully saturated rings. The first kappa shape index (κ1) is 13.9. The van der Waals surface area contributed by atoms with Crippen molar-refractivity contribution in [2.75, 3.05) is 5.32 Å². The van der Waals surface area contributed by atoms with Crippen molar-refractivity contribution in [1.29, 1.82) is 0 Å². The fourth-order valence-corrected chi connectivity index (χ4v) is 1.64. The van der Waals surface area contributed by atoms with Crippen LogP contribution in [0.2, 0.25) is 0 Å². The molecule has 0 atom stereocenters. The van der Waals surface area contributed by atoms with Crippen LogP contribution in [0.1, 0.15) is 13.8 Å². The van der Waals surface area contributed by atoms with Crippen LogP contribution in [-0.2, 0) is 0 Å². The van der Waals surface area contributed by atoms with E-state index in [4.69, 9.17) is 0 Å². The van der Waals surface area contributed by atoms with Crippen LogP contribution in [-0.4, -0.2) is 15.0 Å². The lowest BCUT2D eigenvalue weighted by Gasteiger charge is -2.05. The maximum Gasteiger partial charge on any atom is 0.213 e. The van der Waals surface area contributed by atoms with Crippen molar-refractivity contribution in [1.82, 2.24) is 15.0 Å². The van der Waals surface area contributed by atoms with Gasteiger partial charge < -0.3 is 5.32 Å². The molecule has 3 aromatic rings. The Morgan fingerprint density at radius 2 is 1.50 bits per heavy atom. The highest BCUT2D eigenvalue weighted by Crippen LogP contribution is 2.17. The second kappa shape index (κ2) is 6.56. The van der Waals surface area contributed by atoms with Gasteiger partial charge in [0.2, 0.25) is 5.95 Å². The zero-order valence-corrected chi connectivity index (χ0v) is 11.3. The molecule has 5 heteroatoms. The molecule has 3 heterocycles. The molecule has 3 aromatic heterocycles. The molecule has 20 heavy (non-hydrogen) atoms. The van der Waals surface area contributed by atoms with Crippen LogP contribution in [0.25, 0.3) is 11.0 Å². The van der Waals surface area contributed by atoms with Crippen molar-refractivity contribution < 1.29 is 4.39 Å². The van der Waals surface area contributed by atoms with Crippen LogP contribution < -0.4 is 5.32 Å². The van der Waals surface area contributed by atoms with Gasteiger partial charge in [0, 0.05) is 18.1 Å². The summed E-state index contributed by atoms with van der Waals surface area (Å²) >= 11 is 0. The highest BCUT2D eigenvalue weighted by atomic mass is 19.1. The normalized spacial score (nSPS) is 9.75. The maximum atomic E-state index is 12.9. The first-order valence-electron chi connectivity index (χ1n) is 6.42. The SMILES string of the molecule is CC.Fc1ccc2nc(Nc3ccncc3)ccc2n1. The first-order valence-corrected chi connectivity index (χ1v) is 6.42. The minimum Gasteiger partial charge on any atom is -0.340 e. The Hall–Kier alpha value is -2.56. The van der Waals surface area contributed by atoms with Crippen LogP contribution in [0.5, 0.6) is 0 Å². The van der Waals surface area contributed by atoms with Crippen molar-refractivity contribution >= 4 is 22.5 Å². The van der Waals surface area contributed by atoms with Gasteiger partial charge in [0.25, 0.3) is 0 Å². The van der Waals surface area contributed by atoms with E-state index in [1.165, 1.54) is 6.07 Å². The van der Waals surface area contributed by atoms with Crippen LogP contribution in [0.4, 0.5) is 15.9 Å². The molecule has 0 saturated carbocycles. The fourth-order valence-electron chi connectivity index (χ4n) is 1.64. The summed E-state index contributed by atoms with van der Waals surface area (Å²) in [7, 11) is 0. The highest BCUT2D eigenvalue weighted by molar-refractivity contribution is 5.76. The molecule has 0 aliphatic rings. The van der Waals surface area contributed by atoms with Crippen LogP contribution in [0, 0.1) is 5.95 Å². The van der Waals surface area contributed by atoms with Gasteiger partial charge in [0.15, 0.2) is 0 Å². The lowest BCUT2D eigenvalue weighted by Crippen LogP contribution is -1.95. The van der Waals surface area contributed by atoms with Crippen molar-refractivity contribution in [3.8, 4) is 0 Å². The first-order chi connectivity index (χ1) is 9.81. The van der Waals surface area contributed by atoms with Crippen molar-refractivity contribution in [2.45, 2.75) is 13.8 Å². The van der Waals surface area contributed by atoms with Gasteiger partial charge >= 0.3 is 0 Å². The van der Waals surface area contributed by atoms with E-state index in [2.05, 4.69) is 20.3 Å². The third-order valence-corrected chi connectivity index (χ3v) is 2.46. The van der Waals surface area contributed by atoms with E-state index in [0.717, 1.165) is 5.69 Å². The minimum absolute atomic E-state index is 0.501. The van der Waals surface area contributed by atoms with E-state index < -0.39 is 5.95 Å². The Bertz CT molecular complexity index is 686. The summed E-state index contributed by atoms with van der Waals surface area (Å²) in [4.78, 5) is 12.0. The molecule has 0 aliphatic heterocycles. The van der Waals surface area contributed by atoms with E-state index in [0.29, 0.717) is 16.9 Å². The maximum absolute atomic E-state index is 12.9. The van der Waals surface area contributed by atoms with Crippen molar-refractivity contribution in [2.24, 2.45) is 0 Å². The predicted octanol–water partition coefficient (Wildman–Crippen LogP) is 3.93. The van der Waals surface area contributed by atoms with Gasteiger partial charge in [-0.05, 0) is 36.4 Å². The molecule has 0 saturated heterocycles. The zero-order valence-electron chi connectivity index (χ0n) is 11.3. The smallest absolute Gasteiger partial charge is 0.213 e. The third-order valence-electron chi connectivity index (χ3n) is 2.46. The molecule has 4 nitrogen and oxygen atoms in total. The molecule has 0 aliphatic carbocycles. The van der Waals surface area contributed by atoms with E-state index in [1.807, 2.05) is 26.0 Å². The summed E-state index contributed by atoms with van der Waals surface area (Å²) in [6, 6.07) is 10.1. The highest BCUT2D eigenvalue weighted by Gasteiger charge is 2.01. The number of nitrogens with zero attached hydrogens (tertiary/aromatic N) is 3. The summed E-state index contributed by atoms with van der Waals surface area (Å²) in [5, 5.41) is 3.14. The second-order valence-electron chi connectivity index (χ2n) is 3.73. The summed E-state index contributed by atoms with van der Waals surface area (Å²) in [6.07, 6.45) is 3.39. The van der Waals surface area contributed by atoms with Gasteiger partial charge in [-0.25, -0.2) is 9.97 Å². The number of pyridine rings is 3. The average molecular weight is 270 g/mol. The Balaban J connectivity index is 0.000000704. The summed E-state index contributed by atoms with van der Waals surface area (Å²) in [5.74, 6) is 0.182. The molecule has 3 rings (SSSR count). The molecule has 0 bridgehead atoms. The molecular weight excluding hydrogens is 255 g/mol. The molecule has 0 spiro atoms. The van der Waals surface area contributed by atoms with Gasteiger partial charge in [-0.1, -0.05) is 13.8 Å². The van der Waals surface area contributed by atoms with E-state index in [9.17, 15) is 4.39 Å². The monoisotopic (exact) mass is 270 g/mol. The topological polar surface area (TPSA) is 50.7 Å². The number of nitrogens with one attached hydrogen (secondary N) is 1. The average Bonchev–Trinajstić information content (AvgIpc) is 2.50. The van der Waals surface area contributed by atoms with Gasteiger partial charge in [-0.15, -0.1) is 0 Å². The lowest BCUT2D eigenvalue weighted by atomic mass is 10.3. The number of hydrogen-bond donors (Lipinski definition) is 1. The Kier molecular flexibility index (Phi) is 4.55. The summed E-state index contributed by atoms with van der Waals surface area (Å²) in [6.45, 7) is 4.00. The summed E-state index contributed by atoms with van der Waals surface area (Å²) < 4.78 is 12.9. The molecule has 0 radical (unpaired) electrons. The standard InChI is InChI=1S/C13H9FN4.C2H6/c14-12-3-1-11-10(17-12)2-4-13(18-11)16-9-5-7-15-8-6-9;1-2/h1-8H,(H,15,16,18);1-2H3. The predicted molar refractivity (Wildman–Crippen MR) is 78.4 cm³/mol. The van der Waals surface area contributed by atoms with Gasteiger partial charge in [-0.2, -0.15) is 4.39 Å². The number of fused-ring (bicyclic) bond motifs is 1.